The minimum absolute atomic E-state index is 0.364. The Labute approximate surface area is 229 Å². The maximum atomic E-state index is 12.7. The summed E-state index contributed by atoms with van der Waals surface area (Å²) in [5.41, 5.74) is 9.03. The van der Waals surface area contributed by atoms with Crippen LogP contribution in [-0.2, 0) is 4.79 Å². The third-order valence-electron chi connectivity index (χ3n) is 5.92. The van der Waals surface area contributed by atoms with Crippen molar-refractivity contribution in [2.75, 3.05) is 32.4 Å². The number of amides is 1. The molecule has 1 aromatic heterocycles. The van der Waals surface area contributed by atoms with E-state index in [4.69, 9.17) is 30.6 Å². The number of ether oxygens (including phenoxy) is 2. The number of rotatable bonds is 12. The van der Waals surface area contributed by atoms with Gasteiger partial charge in [0.05, 0.1) is 18.7 Å². The number of halogens is 2. The molecule has 0 aliphatic heterocycles. The summed E-state index contributed by atoms with van der Waals surface area (Å²) >= 11 is 0. The maximum absolute atomic E-state index is 12.7. The highest BCUT2D eigenvalue weighted by molar-refractivity contribution is 6.08. The van der Waals surface area contributed by atoms with E-state index in [1.165, 1.54) is 12.4 Å². The number of methoxy groups -OCH3 is 1. The maximum Gasteiger partial charge on any atom is 0.258 e. The van der Waals surface area contributed by atoms with Gasteiger partial charge in [-0.15, -0.1) is 0 Å². The van der Waals surface area contributed by atoms with Crippen molar-refractivity contribution in [3.8, 4) is 22.9 Å². The normalized spacial score (nSPS) is 11.3. The molecule has 0 fully saturated rings. The molecule has 0 bridgehead atoms. The molecule has 0 atom stereocenters. The SMILES string of the molecule is COc1ccc2nc(-c3cccc(OCC(=O)NC(CF)CF)c3)nc(Nc3ccc(/C(C=N)=C/N)cc3)c2c1. The van der Waals surface area contributed by atoms with Gasteiger partial charge in [-0.3, -0.25) is 4.79 Å². The van der Waals surface area contributed by atoms with Crippen molar-refractivity contribution in [1.82, 2.24) is 15.3 Å². The van der Waals surface area contributed by atoms with Crippen LogP contribution in [-0.4, -0.2) is 55.2 Å². The van der Waals surface area contributed by atoms with Crippen molar-refractivity contribution in [2.45, 2.75) is 6.04 Å². The smallest absolute Gasteiger partial charge is 0.258 e. The molecule has 5 N–H and O–H groups in total. The van der Waals surface area contributed by atoms with Crippen LogP contribution in [0.5, 0.6) is 11.5 Å². The molecule has 40 heavy (non-hydrogen) atoms. The fraction of sp³-hybridized carbons (Fsp3) is 0.172. The molecule has 9 nitrogen and oxygen atoms in total. The van der Waals surface area contributed by atoms with Crippen LogP contribution < -0.4 is 25.8 Å². The Morgan fingerprint density at radius 1 is 1.05 bits per heavy atom. The predicted molar refractivity (Wildman–Crippen MR) is 152 cm³/mol. The van der Waals surface area contributed by atoms with E-state index >= 15 is 0 Å². The van der Waals surface area contributed by atoms with Crippen molar-refractivity contribution in [1.29, 1.82) is 5.41 Å². The standard InChI is InChI=1S/C29H28F2N6O3/c1-39-23-9-10-26-25(12-23)29(35-21-7-5-18(6-8-21)20(15-32)16-33)37-28(36-26)19-3-2-4-24(11-19)40-17-27(38)34-22(13-30)14-31/h2-12,15-16,22,32H,13-14,17,33H2,1H3,(H,34,38)(H,35,36,37)/b20-16+,32-15?. The second-order valence-electron chi connectivity index (χ2n) is 8.64. The molecule has 0 spiro atoms. The zero-order chi connectivity index (χ0) is 28.5. The number of carbonyl (C=O) groups excluding carboxylic acids is 1. The first-order chi connectivity index (χ1) is 19.5. The lowest BCUT2D eigenvalue weighted by atomic mass is 10.1. The summed E-state index contributed by atoms with van der Waals surface area (Å²) in [6.07, 6.45) is 2.56. The van der Waals surface area contributed by atoms with Gasteiger partial charge in [-0.2, -0.15) is 0 Å². The van der Waals surface area contributed by atoms with Gasteiger partial charge in [0.1, 0.15) is 30.7 Å². The molecule has 4 rings (SSSR count). The topological polar surface area (TPSA) is 135 Å². The summed E-state index contributed by atoms with van der Waals surface area (Å²) in [7, 11) is 1.58. The van der Waals surface area contributed by atoms with Crippen molar-refractivity contribution >= 4 is 40.1 Å². The van der Waals surface area contributed by atoms with Crippen LogP contribution in [0.4, 0.5) is 20.3 Å². The van der Waals surface area contributed by atoms with Crippen molar-refractivity contribution in [3.63, 3.8) is 0 Å². The first-order valence-electron chi connectivity index (χ1n) is 12.3. The van der Waals surface area contributed by atoms with E-state index in [1.54, 1.807) is 37.4 Å². The Hall–Kier alpha value is -5.06. The molecule has 11 heteroatoms. The number of nitrogens with one attached hydrogen (secondary N) is 3. The average molecular weight is 547 g/mol. The van der Waals surface area contributed by atoms with Crippen LogP contribution in [0.1, 0.15) is 5.56 Å². The minimum Gasteiger partial charge on any atom is -0.497 e. The Bertz CT molecular complexity index is 1520. The summed E-state index contributed by atoms with van der Waals surface area (Å²) < 4.78 is 36.3. The second-order valence-corrected chi connectivity index (χ2v) is 8.64. The largest absolute Gasteiger partial charge is 0.497 e. The number of anilines is 2. The fourth-order valence-corrected chi connectivity index (χ4v) is 3.83. The number of carbonyl (C=O) groups is 1. The van der Waals surface area contributed by atoms with Gasteiger partial charge in [-0.1, -0.05) is 24.3 Å². The molecular formula is C29H28F2N6O3. The summed E-state index contributed by atoms with van der Waals surface area (Å²) in [5, 5.41) is 13.8. The molecule has 0 aliphatic carbocycles. The van der Waals surface area contributed by atoms with Crippen LogP contribution in [0.3, 0.4) is 0 Å². The summed E-state index contributed by atoms with van der Waals surface area (Å²) in [6.45, 7) is -2.40. The molecule has 0 unspecified atom stereocenters. The molecule has 0 aliphatic rings. The van der Waals surface area contributed by atoms with Crippen LogP contribution in [0, 0.1) is 5.41 Å². The highest BCUT2D eigenvalue weighted by Crippen LogP contribution is 2.31. The average Bonchev–Trinajstić information content (AvgIpc) is 3.00. The van der Waals surface area contributed by atoms with E-state index in [2.05, 4.69) is 10.6 Å². The molecule has 1 amide bonds. The molecule has 0 radical (unpaired) electrons. The van der Waals surface area contributed by atoms with E-state index in [-0.39, 0.29) is 0 Å². The molecule has 206 valence electrons. The number of aromatic nitrogens is 2. The monoisotopic (exact) mass is 546 g/mol. The fourth-order valence-electron chi connectivity index (χ4n) is 3.83. The van der Waals surface area contributed by atoms with E-state index in [0.29, 0.717) is 39.8 Å². The van der Waals surface area contributed by atoms with E-state index in [1.807, 2.05) is 36.4 Å². The van der Waals surface area contributed by atoms with Gasteiger partial charge < -0.3 is 31.3 Å². The molecular weight excluding hydrogens is 518 g/mol. The van der Waals surface area contributed by atoms with Crippen molar-refractivity contribution in [3.05, 3.63) is 78.5 Å². The third kappa shape index (κ3) is 6.68. The van der Waals surface area contributed by atoms with Crippen LogP contribution in [0.25, 0.3) is 27.9 Å². The van der Waals surface area contributed by atoms with Gasteiger partial charge in [-0.05, 0) is 48.0 Å². The van der Waals surface area contributed by atoms with Gasteiger partial charge >= 0.3 is 0 Å². The first-order valence-corrected chi connectivity index (χ1v) is 12.3. The van der Waals surface area contributed by atoms with Gasteiger partial charge in [0.15, 0.2) is 12.4 Å². The number of hydrogen-bond donors (Lipinski definition) is 4. The number of hydrogen-bond acceptors (Lipinski definition) is 8. The molecule has 0 saturated carbocycles. The second kappa shape index (κ2) is 13.1. The van der Waals surface area contributed by atoms with Gasteiger partial charge in [0, 0.05) is 34.6 Å². The number of nitrogens with two attached hydrogens (primary N) is 1. The highest BCUT2D eigenvalue weighted by Gasteiger charge is 2.14. The van der Waals surface area contributed by atoms with E-state index in [0.717, 1.165) is 16.6 Å². The Morgan fingerprint density at radius 2 is 1.82 bits per heavy atom. The molecule has 1 heterocycles. The molecule has 3 aromatic carbocycles. The number of nitrogens with zero attached hydrogens (tertiary/aromatic N) is 2. The quantitative estimate of drug-likeness (QED) is 0.188. The highest BCUT2D eigenvalue weighted by atomic mass is 19.1. The minimum atomic E-state index is -1.19. The number of alkyl halides is 2. The predicted octanol–water partition coefficient (Wildman–Crippen LogP) is 4.80. The zero-order valence-electron chi connectivity index (χ0n) is 21.7. The molecule has 4 aromatic rings. The summed E-state index contributed by atoms with van der Waals surface area (Å²) in [6, 6.07) is 18.5. The van der Waals surface area contributed by atoms with Crippen molar-refractivity contribution in [2.24, 2.45) is 5.73 Å². The van der Waals surface area contributed by atoms with Gasteiger partial charge in [0.25, 0.3) is 5.91 Å². The lowest BCUT2D eigenvalue weighted by molar-refractivity contribution is -0.124. The van der Waals surface area contributed by atoms with Gasteiger partial charge in [-0.25, -0.2) is 18.7 Å². The number of benzene rings is 3. The Balaban J connectivity index is 1.64. The number of fused-ring (bicyclic) bond motifs is 1. The van der Waals surface area contributed by atoms with E-state index < -0.39 is 31.9 Å². The Morgan fingerprint density at radius 3 is 2.50 bits per heavy atom. The van der Waals surface area contributed by atoms with Crippen LogP contribution >= 0.6 is 0 Å². The Kier molecular flexibility index (Phi) is 9.19. The summed E-state index contributed by atoms with van der Waals surface area (Å²) in [4.78, 5) is 21.5. The third-order valence-corrected chi connectivity index (χ3v) is 5.92. The van der Waals surface area contributed by atoms with Crippen LogP contribution in [0.2, 0.25) is 0 Å². The van der Waals surface area contributed by atoms with E-state index in [9.17, 15) is 13.6 Å². The first kappa shape index (κ1) is 28.0. The summed E-state index contributed by atoms with van der Waals surface area (Å²) in [5.74, 6) is 1.31. The zero-order valence-corrected chi connectivity index (χ0v) is 21.7. The lowest BCUT2D eigenvalue weighted by Crippen LogP contribution is -2.40. The van der Waals surface area contributed by atoms with Crippen molar-refractivity contribution < 1.29 is 23.0 Å². The number of allylic oxidation sites excluding steroid dienone is 1. The lowest BCUT2D eigenvalue weighted by Gasteiger charge is -2.14. The molecule has 0 saturated heterocycles. The van der Waals surface area contributed by atoms with Crippen LogP contribution in [0.15, 0.2) is 72.9 Å². The van der Waals surface area contributed by atoms with Gasteiger partial charge in [0.2, 0.25) is 0 Å².